The minimum absolute atomic E-state index is 0.211. The summed E-state index contributed by atoms with van der Waals surface area (Å²) in [7, 11) is 0. The lowest BCUT2D eigenvalue weighted by Gasteiger charge is -2.25. The van der Waals surface area contributed by atoms with Gasteiger partial charge < -0.3 is 20.0 Å². The number of aliphatic hydroxyl groups excluding tert-OH is 1. The van der Waals surface area contributed by atoms with Crippen LogP contribution in [-0.2, 0) is 0 Å². The average molecular weight is 341 g/mol. The van der Waals surface area contributed by atoms with Crippen molar-refractivity contribution in [2.75, 3.05) is 6.54 Å². The van der Waals surface area contributed by atoms with Crippen molar-refractivity contribution >= 4 is 16.9 Å². The van der Waals surface area contributed by atoms with Crippen molar-refractivity contribution in [1.82, 2.24) is 14.9 Å². The molecule has 1 amide bonds. The van der Waals surface area contributed by atoms with Gasteiger partial charge in [0.1, 0.15) is 5.82 Å². The second kappa shape index (κ2) is 5.86. The van der Waals surface area contributed by atoms with E-state index in [1.807, 2.05) is 0 Å². The van der Waals surface area contributed by atoms with Gasteiger partial charge in [-0.1, -0.05) is 12.1 Å². The first-order valence-corrected chi connectivity index (χ1v) is 7.98. The molecule has 128 valence electrons. The number of rotatable bonds is 2. The standard InChI is InChI=1S/C18H16FN3O3/c19-12-4-1-10(2-5-12)16-8-13(23)9-22(16)17(24)11-3-6-14-15(7-11)21-18(25)20-14/h1-7,13,16,23H,8-9H2,(H2,20,21,25)/t13-,16+/m1/s1. The smallest absolute Gasteiger partial charge is 0.323 e. The van der Waals surface area contributed by atoms with E-state index in [1.54, 1.807) is 35.2 Å². The first-order chi connectivity index (χ1) is 12.0. The van der Waals surface area contributed by atoms with Gasteiger partial charge in [0, 0.05) is 12.1 Å². The molecule has 6 nitrogen and oxygen atoms in total. The van der Waals surface area contributed by atoms with Crippen LogP contribution >= 0.6 is 0 Å². The SMILES string of the molecule is O=C(c1ccc2[nH]c(=O)[nH]c2c1)N1C[C@H](O)C[C@H]1c1ccc(F)cc1. The Labute approximate surface area is 141 Å². The molecule has 4 rings (SSSR count). The molecule has 0 radical (unpaired) electrons. The van der Waals surface area contributed by atoms with Gasteiger partial charge in [-0.15, -0.1) is 0 Å². The zero-order valence-electron chi connectivity index (χ0n) is 13.2. The van der Waals surface area contributed by atoms with E-state index < -0.39 is 6.10 Å². The van der Waals surface area contributed by atoms with Crippen molar-refractivity contribution in [2.24, 2.45) is 0 Å². The summed E-state index contributed by atoms with van der Waals surface area (Å²) in [6.07, 6.45) is -0.226. The van der Waals surface area contributed by atoms with Crippen molar-refractivity contribution < 1.29 is 14.3 Å². The van der Waals surface area contributed by atoms with Gasteiger partial charge in [-0.05, 0) is 42.3 Å². The van der Waals surface area contributed by atoms with Gasteiger partial charge in [-0.25, -0.2) is 9.18 Å². The highest BCUT2D eigenvalue weighted by Gasteiger charge is 2.35. The summed E-state index contributed by atoms with van der Waals surface area (Å²) in [4.78, 5) is 31.1. The Morgan fingerprint density at radius 3 is 2.60 bits per heavy atom. The second-order valence-corrected chi connectivity index (χ2v) is 6.25. The van der Waals surface area contributed by atoms with Crippen LogP contribution < -0.4 is 5.69 Å². The summed E-state index contributed by atoms with van der Waals surface area (Å²) in [5.41, 5.74) is 2.04. The highest BCUT2D eigenvalue weighted by molar-refractivity contribution is 5.97. The van der Waals surface area contributed by atoms with Crippen LogP contribution in [0.4, 0.5) is 4.39 Å². The summed E-state index contributed by atoms with van der Waals surface area (Å²) >= 11 is 0. The molecule has 25 heavy (non-hydrogen) atoms. The highest BCUT2D eigenvalue weighted by atomic mass is 19.1. The van der Waals surface area contributed by atoms with E-state index >= 15 is 0 Å². The van der Waals surface area contributed by atoms with Crippen molar-refractivity contribution in [2.45, 2.75) is 18.6 Å². The predicted octanol–water partition coefficient (Wildman–Crippen LogP) is 1.94. The molecular formula is C18H16FN3O3. The summed E-state index contributed by atoms with van der Waals surface area (Å²) in [5.74, 6) is -0.586. The number of hydrogen-bond donors (Lipinski definition) is 3. The Balaban J connectivity index is 1.68. The minimum Gasteiger partial charge on any atom is -0.391 e. The minimum atomic E-state index is -0.630. The summed E-state index contributed by atoms with van der Waals surface area (Å²) in [6.45, 7) is 0.211. The molecule has 2 atom stereocenters. The second-order valence-electron chi connectivity index (χ2n) is 6.25. The topological polar surface area (TPSA) is 89.2 Å². The maximum Gasteiger partial charge on any atom is 0.323 e. The average Bonchev–Trinajstić information content (AvgIpc) is 3.16. The fraction of sp³-hybridized carbons (Fsp3) is 0.222. The molecule has 0 spiro atoms. The van der Waals surface area contributed by atoms with E-state index in [2.05, 4.69) is 9.97 Å². The molecule has 1 aliphatic rings. The fourth-order valence-electron chi connectivity index (χ4n) is 3.37. The first-order valence-electron chi connectivity index (χ1n) is 7.98. The van der Waals surface area contributed by atoms with Gasteiger partial charge in [0.05, 0.1) is 23.2 Å². The van der Waals surface area contributed by atoms with Crippen LogP contribution in [0.5, 0.6) is 0 Å². The maximum atomic E-state index is 13.2. The van der Waals surface area contributed by atoms with Crippen LogP contribution in [-0.4, -0.2) is 38.5 Å². The van der Waals surface area contributed by atoms with E-state index in [1.165, 1.54) is 12.1 Å². The van der Waals surface area contributed by atoms with Gasteiger partial charge in [0.15, 0.2) is 0 Å². The molecule has 7 heteroatoms. The van der Waals surface area contributed by atoms with Gasteiger partial charge in [0.25, 0.3) is 5.91 Å². The van der Waals surface area contributed by atoms with Crippen molar-refractivity contribution in [3.8, 4) is 0 Å². The Morgan fingerprint density at radius 1 is 1.12 bits per heavy atom. The molecule has 1 aliphatic heterocycles. The summed E-state index contributed by atoms with van der Waals surface area (Å²) in [5, 5.41) is 10.0. The molecule has 0 unspecified atom stereocenters. The van der Waals surface area contributed by atoms with Crippen LogP contribution in [0.1, 0.15) is 28.4 Å². The van der Waals surface area contributed by atoms with Gasteiger partial charge in [-0.2, -0.15) is 0 Å². The molecule has 2 aromatic carbocycles. The van der Waals surface area contributed by atoms with E-state index in [-0.39, 0.29) is 30.0 Å². The Morgan fingerprint density at radius 2 is 1.84 bits per heavy atom. The number of carbonyl (C=O) groups excluding carboxylic acids is 1. The van der Waals surface area contributed by atoms with Crippen LogP contribution in [0.3, 0.4) is 0 Å². The molecule has 1 fully saturated rings. The molecule has 0 bridgehead atoms. The number of aliphatic hydroxyl groups is 1. The van der Waals surface area contributed by atoms with Crippen LogP contribution in [0.2, 0.25) is 0 Å². The number of fused-ring (bicyclic) bond motifs is 1. The lowest BCUT2D eigenvalue weighted by atomic mass is 10.0. The monoisotopic (exact) mass is 341 g/mol. The van der Waals surface area contributed by atoms with Crippen LogP contribution in [0.15, 0.2) is 47.3 Å². The van der Waals surface area contributed by atoms with E-state index in [4.69, 9.17) is 0 Å². The van der Waals surface area contributed by atoms with Gasteiger partial charge >= 0.3 is 5.69 Å². The predicted molar refractivity (Wildman–Crippen MR) is 89.7 cm³/mol. The number of H-pyrrole nitrogens is 2. The van der Waals surface area contributed by atoms with Gasteiger partial charge in [0.2, 0.25) is 0 Å². The molecule has 3 N–H and O–H groups in total. The molecule has 1 saturated heterocycles. The molecule has 0 aliphatic carbocycles. The summed E-state index contributed by atoms with van der Waals surface area (Å²) < 4.78 is 13.2. The highest BCUT2D eigenvalue weighted by Crippen LogP contribution is 2.33. The fourth-order valence-corrected chi connectivity index (χ4v) is 3.37. The van der Waals surface area contributed by atoms with Crippen LogP contribution in [0.25, 0.3) is 11.0 Å². The number of hydrogen-bond acceptors (Lipinski definition) is 3. The number of amides is 1. The lowest BCUT2D eigenvalue weighted by molar-refractivity contribution is 0.0716. The van der Waals surface area contributed by atoms with Crippen molar-refractivity contribution in [3.63, 3.8) is 0 Å². The van der Waals surface area contributed by atoms with E-state index in [9.17, 15) is 19.1 Å². The third kappa shape index (κ3) is 2.83. The number of aromatic amines is 2. The number of likely N-dealkylation sites (tertiary alicyclic amines) is 1. The summed E-state index contributed by atoms with van der Waals surface area (Å²) in [6, 6.07) is 10.6. The third-order valence-corrected chi connectivity index (χ3v) is 4.56. The Hall–Kier alpha value is -2.93. The Bertz CT molecular complexity index is 993. The largest absolute Gasteiger partial charge is 0.391 e. The zero-order chi connectivity index (χ0) is 17.6. The molecule has 3 aromatic rings. The Kier molecular flexibility index (Phi) is 3.65. The molecule has 0 saturated carbocycles. The van der Waals surface area contributed by atoms with Crippen LogP contribution in [0, 0.1) is 5.82 Å². The van der Waals surface area contributed by atoms with E-state index in [0.29, 0.717) is 23.0 Å². The maximum absolute atomic E-state index is 13.2. The third-order valence-electron chi connectivity index (χ3n) is 4.56. The van der Waals surface area contributed by atoms with Gasteiger partial charge in [-0.3, -0.25) is 4.79 Å². The van der Waals surface area contributed by atoms with Crippen molar-refractivity contribution in [1.29, 1.82) is 0 Å². The number of nitrogens with one attached hydrogen (secondary N) is 2. The number of halogens is 1. The normalized spacial score (nSPS) is 20.3. The van der Waals surface area contributed by atoms with E-state index in [0.717, 1.165) is 5.56 Å². The molecular weight excluding hydrogens is 325 g/mol. The number of imidazole rings is 1. The number of carbonyl (C=O) groups is 1. The lowest BCUT2D eigenvalue weighted by Crippen LogP contribution is -2.31. The number of β-amino-alcohol motifs (C(OH)–C–C–N with tert-alkyl or cyclic N) is 1. The zero-order valence-corrected chi connectivity index (χ0v) is 13.2. The number of benzene rings is 2. The number of aromatic nitrogens is 2. The van der Waals surface area contributed by atoms with Crippen molar-refractivity contribution in [3.05, 3.63) is 69.9 Å². The number of nitrogens with zero attached hydrogens (tertiary/aromatic N) is 1. The first kappa shape index (κ1) is 15.6. The quantitative estimate of drug-likeness (QED) is 0.665. The molecule has 1 aromatic heterocycles. The molecule has 2 heterocycles.